The fourth-order valence-electron chi connectivity index (χ4n) is 2.82. The van der Waals surface area contributed by atoms with Crippen LogP contribution in [0.4, 0.5) is 0 Å². The molecule has 1 aromatic heterocycles. The lowest BCUT2D eigenvalue weighted by molar-refractivity contribution is 0.0369. The molecule has 2 aliphatic rings. The third-order valence-corrected chi connectivity index (χ3v) is 4.36. The third kappa shape index (κ3) is 2.21. The van der Waals surface area contributed by atoms with Gasteiger partial charge < -0.3 is 4.90 Å². The summed E-state index contributed by atoms with van der Waals surface area (Å²) in [6.07, 6.45) is 3.86. The molecule has 0 bridgehead atoms. The Morgan fingerprint density at radius 1 is 1.35 bits per heavy atom. The van der Waals surface area contributed by atoms with E-state index in [-0.39, 0.29) is 5.91 Å². The monoisotopic (exact) mass is 251 g/mol. The number of thiazole rings is 1. The number of amides is 1. The second-order valence-corrected chi connectivity index (χ2v) is 5.53. The van der Waals surface area contributed by atoms with Crippen LogP contribution in [0.2, 0.25) is 0 Å². The molecular formula is C12H17N3OS. The predicted octanol–water partition coefficient (Wildman–Crippen LogP) is 1.45. The predicted molar refractivity (Wildman–Crippen MR) is 67.2 cm³/mol. The molecule has 0 saturated carbocycles. The number of piperazine rings is 1. The van der Waals surface area contributed by atoms with E-state index in [9.17, 15) is 4.79 Å². The lowest BCUT2D eigenvalue weighted by atomic mass is 9.99. The van der Waals surface area contributed by atoms with Gasteiger partial charge in [-0.05, 0) is 19.4 Å². The van der Waals surface area contributed by atoms with Crippen molar-refractivity contribution in [3.8, 4) is 0 Å². The Kier molecular flexibility index (Phi) is 3.11. The molecule has 1 unspecified atom stereocenters. The second kappa shape index (κ2) is 4.74. The Bertz CT molecular complexity index is 392. The topological polar surface area (TPSA) is 36.4 Å². The molecule has 1 atom stereocenters. The first-order chi connectivity index (χ1) is 8.34. The van der Waals surface area contributed by atoms with Crippen molar-refractivity contribution in [2.24, 2.45) is 0 Å². The summed E-state index contributed by atoms with van der Waals surface area (Å²) in [5, 5.41) is 1.84. The summed E-state index contributed by atoms with van der Waals surface area (Å²) in [5.74, 6) is 0.108. The summed E-state index contributed by atoms with van der Waals surface area (Å²) in [5.41, 5.74) is 2.34. The normalized spacial score (nSPS) is 25.6. The molecule has 1 amide bonds. The van der Waals surface area contributed by atoms with Crippen LogP contribution in [0.5, 0.6) is 0 Å². The van der Waals surface area contributed by atoms with Gasteiger partial charge in [0.05, 0.1) is 5.51 Å². The van der Waals surface area contributed by atoms with Crippen LogP contribution in [0.3, 0.4) is 0 Å². The van der Waals surface area contributed by atoms with Crippen molar-refractivity contribution in [1.29, 1.82) is 0 Å². The maximum absolute atomic E-state index is 12.2. The Hall–Kier alpha value is -0.940. The van der Waals surface area contributed by atoms with E-state index in [0.29, 0.717) is 11.7 Å². The van der Waals surface area contributed by atoms with Gasteiger partial charge in [0.25, 0.3) is 5.91 Å². The highest BCUT2D eigenvalue weighted by Gasteiger charge is 2.31. The fraction of sp³-hybridized carbons (Fsp3) is 0.667. The molecule has 92 valence electrons. The quantitative estimate of drug-likeness (QED) is 0.758. The lowest BCUT2D eigenvalue weighted by Gasteiger charge is -2.43. The van der Waals surface area contributed by atoms with Crippen molar-refractivity contribution < 1.29 is 4.79 Å². The van der Waals surface area contributed by atoms with Gasteiger partial charge in [-0.25, -0.2) is 4.98 Å². The van der Waals surface area contributed by atoms with Crippen molar-refractivity contribution in [1.82, 2.24) is 14.8 Å². The van der Waals surface area contributed by atoms with Crippen molar-refractivity contribution >= 4 is 17.2 Å². The zero-order valence-electron chi connectivity index (χ0n) is 9.84. The van der Waals surface area contributed by atoms with Crippen LogP contribution in [0.25, 0.3) is 0 Å². The minimum atomic E-state index is 0.108. The number of aromatic nitrogens is 1. The van der Waals surface area contributed by atoms with Gasteiger partial charge in [-0.15, -0.1) is 11.3 Å². The average Bonchev–Trinajstić information content (AvgIpc) is 2.91. The Morgan fingerprint density at radius 3 is 3.12 bits per heavy atom. The molecule has 17 heavy (non-hydrogen) atoms. The molecule has 2 saturated heterocycles. The molecule has 3 heterocycles. The summed E-state index contributed by atoms with van der Waals surface area (Å²) in [6.45, 7) is 3.98. The summed E-state index contributed by atoms with van der Waals surface area (Å²) >= 11 is 1.49. The first-order valence-electron chi connectivity index (χ1n) is 6.26. The van der Waals surface area contributed by atoms with Crippen LogP contribution in [0.15, 0.2) is 10.9 Å². The van der Waals surface area contributed by atoms with Crippen molar-refractivity contribution in [3.63, 3.8) is 0 Å². The minimum absolute atomic E-state index is 0.108. The van der Waals surface area contributed by atoms with Crippen molar-refractivity contribution in [3.05, 3.63) is 16.6 Å². The van der Waals surface area contributed by atoms with E-state index in [2.05, 4.69) is 9.88 Å². The average molecular weight is 251 g/mol. The zero-order valence-corrected chi connectivity index (χ0v) is 10.7. The van der Waals surface area contributed by atoms with E-state index in [1.807, 2.05) is 10.3 Å². The molecule has 2 fully saturated rings. The number of hydrogen-bond acceptors (Lipinski definition) is 4. The van der Waals surface area contributed by atoms with E-state index in [1.54, 1.807) is 5.51 Å². The summed E-state index contributed by atoms with van der Waals surface area (Å²) in [4.78, 5) is 20.8. The molecule has 0 spiro atoms. The highest BCUT2D eigenvalue weighted by Crippen LogP contribution is 2.22. The van der Waals surface area contributed by atoms with Gasteiger partial charge in [0.2, 0.25) is 0 Å². The molecule has 5 heteroatoms. The number of fused-ring (bicyclic) bond motifs is 1. The van der Waals surface area contributed by atoms with E-state index in [0.717, 1.165) is 19.6 Å². The van der Waals surface area contributed by atoms with Gasteiger partial charge in [0.15, 0.2) is 0 Å². The van der Waals surface area contributed by atoms with Crippen LogP contribution >= 0.6 is 11.3 Å². The van der Waals surface area contributed by atoms with Crippen molar-refractivity contribution in [2.45, 2.75) is 25.3 Å². The molecule has 0 aliphatic carbocycles. The summed E-state index contributed by atoms with van der Waals surface area (Å²) < 4.78 is 0. The molecule has 2 aliphatic heterocycles. The van der Waals surface area contributed by atoms with Crippen LogP contribution in [-0.2, 0) is 0 Å². The molecule has 0 aromatic carbocycles. The van der Waals surface area contributed by atoms with Crippen LogP contribution in [-0.4, -0.2) is 52.9 Å². The van der Waals surface area contributed by atoms with Crippen LogP contribution < -0.4 is 0 Å². The molecule has 0 N–H and O–H groups in total. The van der Waals surface area contributed by atoms with Crippen LogP contribution in [0.1, 0.15) is 29.8 Å². The van der Waals surface area contributed by atoms with Crippen molar-refractivity contribution in [2.75, 3.05) is 26.2 Å². The standard InChI is InChI=1S/C12H17N3OS/c16-12(11-8-17-9-13-11)15-6-5-14-4-2-1-3-10(14)7-15/h8-10H,1-7H2. The van der Waals surface area contributed by atoms with Gasteiger partial charge in [-0.3, -0.25) is 9.69 Å². The van der Waals surface area contributed by atoms with Crippen LogP contribution in [0, 0.1) is 0 Å². The number of piperidine rings is 1. The lowest BCUT2D eigenvalue weighted by Crippen LogP contribution is -2.56. The number of hydrogen-bond donors (Lipinski definition) is 0. The molecule has 1 aromatic rings. The number of nitrogens with zero attached hydrogens (tertiary/aromatic N) is 3. The summed E-state index contributed by atoms with van der Waals surface area (Å²) in [6, 6.07) is 0.583. The molecular weight excluding hydrogens is 234 g/mol. The smallest absolute Gasteiger partial charge is 0.273 e. The Balaban J connectivity index is 1.67. The number of rotatable bonds is 1. The van der Waals surface area contributed by atoms with Gasteiger partial charge in [-0.1, -0.05) is 6.42 Å². The van der Waals surface area contributed by atoms with Gasteiger partial charge >= 0.3 is 0 Å². The minimum Gasteiger partial charge on any atom is -0.334 e. The highest BCUT2D eigenvalue weighted by molar-refractivity contribution is 7.07. The number of carbonyl (C=O) groups excluding carboxylic acids is 1. The fourth-order valence-corrected chi connectivity index (χ4v) is 3.35. The maximum Gasteiger partial charge on any atom is 0.273 e. The van der Waals surface area contributed by atoms with E-state index < -0.39 is 0 Å². The maximum atomic E-state index is 12.2. The van der Waals surface area contributed by atoms with Gasteiger partial charge in [-0.2, -0.15) is 0 Å². The van der Waals surface area contributed by atoms with E-state index in [1.165, 1.54) is 37.1 Å². The second-order valence-electron chi connectivity index (χ2n) is 4.81. The van der Waals surface area contributed by atoms with Gasteiger partial charge in [0.1, 0.15) is 5.69 Å². The molecule has 0 radical (unpaired) electrons. The summed E-state index contributed by atoms with van der Waals surface area (Å²) in [7, 11) is 0. The molecule has 4 nitrogen and oxygen atoms in total. The molecule has 3 rings (SSSR count). The zero-order chi connectivity index (χ0) is 11.7. The van der Waals surface area contributed by atoms with Gasteiger partial charge in [0, 0.05) is 31.1 Å². The largest absolute Gasteiger partial charge is 0.334 e. The first-order valence-corrected chi connectivity index (χ1v) is 7.20. The highest BCUT2D eigenvalue weighted by atomic mass is 32.1. The first kappa shape index (κ1) is 11.2. The third-order valence-electron chi connectivity index (χ3n) is 3.78. The number of carbonyl (C=O) groups is 1. The SMILES string of the molecule is O=C(c1cscn1)N1CCN2CCCCC2C1. The Morgan fingerprint density at radius 2 is 2.29 bits per heavy atom. The van der Waals surface area contributed by atoms with E-state index in [4.69, 9.17) is 0 Å². The van der Waals surface area contributed by atoms with E-state index >= 15 is 0 Å². The Labute approximate surface area is 105 Å².